The molecule has 0 fully saturated rings. The van der Waals surface area contributed by atoms with Crippen molar-refractivity contribution in [2.75, 3.05) is 7.05 Å². The molecule has 1 aromatic rings. The van der Waals surface area contributed by atoms with Gasteiger partial charge in [-0.25, -0.2) is 4.79 Å². The van der Waals surface area contributed by atoms with Gasteiger partial charge in [-0.2, -0.15) is 0 Å². The summed E-state index contributed by atoms with van der Waals surface area (Å²) in [7, 11) is 1.61. The zero-order valence-corrected chi connectivity index (χ0v) is 8.72. The number of amides is 1. The molecule has 82 valence electrons. The third-order valence-corrected chi connectivity index (χ3v) is 2.03. The fourth-order valence-corrected chi connectivity index (χ4v) is 0.892. The van der Waals surface area contributed by atoms with Crippen LogP contribution in [0.2, 0.25) is 0 Å². The van der Waals surface area contributed by atoms with Crippen LogP contribution < -0.4 is 0 Å². The summed E-state index contributed by atoms with van der Waals surface area (Å²) >= 11 is 0. The number of hydrogen-bond acceptors (Lipinski definition) is 4. The zero-order valence-electron chi connectivity index (χ0n) is 8.72. The summed E-state index contributed by atoms with van der Waals surface area (Å²) in [4.78, 5) is 23.6. The lowest BCUT2D eigenvalue weighted by atomic mass is 10.3. The molecule has 6 heteroatoms. The van der Waals surface area contributed by atoms with Gasteiger partial charge in [-0.1, -0.05) is 5.16 Å². The topological polar surface area (TPSA) is 83.6 Å². The van der Waals surface area contributed by atoms with E-state index in [0.29, 0.717) is 0 Å². The molecule has 0 saturated carbocycles. The monoisotopic (exact) mass is 212 g/mol. The van der Waals surface area contributed by atoms with Crippen molar-refractivity contribution < 1.29 is 19.2 Å². The molecule has 1 rings (SSSR count). The number of carbonyl (C=O) groups excluding carboxylic acids is 1. The molecule has 1 aromatic heterocycles. The quantitative estimate of drug-likeness (QED) is 0.803. The van der Waals surface area contributed by atoms with Gasteiger partial charge in [0.1, 0.15) is 0 Å². The van der Waals surface area contributed by atoms with Crippen LogP contribution in [0, 0.1) is 0 Å². The summed E-state index contributed by atoms with van der Waals surface area (Å²) in [6.45, 7) is 3.69. The molecule has 0 saturated heterocycles. The minimum Gasteiger partial charge on any atom is -0.475 e. The molecule has 6 nitrogen and oxygen atoms in total. The molecule has 1 heterocycles. The zero-order chi connectivity index (χ0) is 11.6. The van der Waals surface area contributed by atoms with Gasteiger partial charge in [-0.15, -0.1) is 0 Å². The Morgan fingerprint density at radius 2 is 2.13 bits per heavy atom. The summed E-state index contributed by atoms with van der Waals surface area (Å²) in [6.07, 6.45) is 0. The van der Waals surface area contributed by atoms with E-state index >= 15 is 0 Å². The maximum atomic E-state index is 11.6. The Hall–Kier alpha value is -1.85. The van der Waals surface area contributed by atoms with Gasteiger partial charge in [0.05, 0.1) is 0 Å². The van der Waals surface area contributed by atoms with Crippen LogP contribution in [0.5, 0.6) is 0 Å². The van der Waals surface area contributed by atoms with Crippen LogP contribution in [-0.2, 0) is 0 Å². The second kappa shape index (κ2) is 4.12. The molecular weight excluding hydrogens is 200 g/mol. The van der Waals surface area contributed by atoms with Crippen molar-refractivity contribution in [3.63, 3.8) is 0 Å². The lowest BCUT2D eigenvalue weighted by Crippen LogP contribution is -2.33. The molecule has 15 heavy (non-hydrogen) atoms. The van der Waals surface area contributed by atoms with Crippen molar-refractivity contribution in [2.45, 2.75) is 19.9 Å². The second-order valence-electron chi connectivity index (χ2n) is 3.39. The maximum absolute atomic E-state index is 11.6. The lowest BCUT2D eigenvalue weighted by molar-refractivity contribution is 0.0648. The Morgan fingerprint density at radius 1 is 1.53 bits per heavy atom. The van der Waals surface area contributed by atoms with Crippen molar-refractivity contribution in [3.8, 4) is 0 Å². The van der Waals surface area contributed by atoms with Gasteiger partial charge in [-0.05, 0) is 13.8 Å². The van der Waals surface area contributed by atoms with Crippen LogP contribution in [0.3, 0.4) is 0 Å². The summed E-state index contributed by atoms with van der Waals surface area (Å²) in [5.41, 5.74) is 0.00333. The minimum atomic E-state index is -1.24. The van der Waals surface area contributed by atoms with E-state index in [4.69, 9.17) is 5.11 Å². The predicted octanol–water partition coefficient (Wildman–Crippen LogP) is 0.853. The van der Waals surface area contributed by atoms with Gasteiger partial charge in [0.2, 0.25) is 5.76 Å². The molecule has 0 aromatic carbocycles. The number of hydrogen-bond donors (Lipinski definition) is 1. The third kappa shape index (κ3) is 2.34. The summed E-state index contributed by atoms with van der Waals surface area (Å²) in [5, 5.41) is 12.0. The van der Waals surface area contributed by atoms with Crippen molar-refractivity contribution in [1.29, 1.82) is 0 Å². The number of aromatic carboxylic acids is 1. The Kier molecular flexibility index (Phi) is 3.08. The van der Waals surface area contributed by atoms with Crippen LogP contribution in [-0.4, -0.2) is 40.1 Å². The number of carboxylic acids is 1. The van der Waals surface area contributed by atoms with Crippen LogP contribution in [0.1, 0.15) is 34.9 Å². The molecule has 0 aliphatic rings. The minimum absolute atomic E-state index is 0.00333. The molecule has 0 radical (unpaired) electrons. The van der Waals surface area contributed by atoms with E-state index in [-0.39, 0.29) is 23.4 Å². The van der Waals surface area contributed by atoms with Crippen LogP contribution in [0.15, 0.2) is 10.6 Å². The highest BCUT2D eigenvalue weighted by Gasteiger charge is 2.20. The Morgan fingerprint density at radius 3 is 2.53 bits per heavy atom. The molecule has 0 aliphatic carbocycles. The van der Waals surface area contributed by atoms with E-state index in [1.165, 1.54) is 4.90 Å². The van der Waals surface area contributed by atoms with Gasteiger partial charge in [-0.3, -0.25) is 4.79 Å². The van der Waals surface area contributed by atoms with Gasteiger partial charge >= 0.3 is 5.97 Å². The smallest absolute Gasteiger partial charge is 0.374 e. The average Bonchev–Trinajstić information content (AvgIpc) is 2.64. The summed E-state index contributed by atoms with van der Waals surface area (Å²) < 4.78 is 4.48. The average molecular weight is 212 g/mol. The predicted molar refractivity (Wildman–Crippen MR) is 50.7 cm³/mol. The van der Waals surface area contributed by atoms with Crippen LogP contribution >= 0.6 is 0 Å². The van der Waals surface area contributed by atoms with Gasteiger partial charge in [0.25, 0.3) is 5.91 Å². The Labute approximate surface area is 86.5 Å². The highest BCUT2D eigenvalue weighted by atomic mass is 16.5. The number of nitrogens with zero attached hydrogens (tertiary/aromatic N) is 2. The first kappa shape index (κ1) is 11.2. The standard InChI is InChI=1S/C9H12N2O4/c1-5(2)11(3)8(12)6-4-7(9(13)14)15-10-6/h4-5H,1-3H3,(H,13,14). The largest absolute Gasteiger partial charge is 0.475 e. The highest BCUT2D eigenvalue weighted by Crippen LogP contribution is 2.07. The molecule has 1 amide bonds. The maximum Gasteiger partial charge on any atom is 0.374 e. The molecule has 0 aliphatic heterocycles. The second-order valence-corrected chi connectivity index (χ2v) is 3.39. The van der Waals surface area contributed by atoms with Crippen molar-refractivity contribution >= 4 is 11.9 Å². The van der Waals surface area contributed by atoms with E-state index < -0.39 is 5.97 Å². The van der Waals surface area contributed by atoms with E-state index in [1.807, 2.05) is 13.8 Å². The van der Waals surface area contributed by atoms with Crippen LogP contribution in [0.4, 0.5) is 0 Å². The third-order valence-electron chi connectivity index (χ3n) is 2.03. The molecule has 0 atom stereocenters. The van der Waals surface area contributed by atoms with E-state index in [2.05, 4.69) is 9.68 Å². The summed E-state index contributed by atoms with van der Waals surface area (Å²) in [6, 6.07) is 1.13. The van der Waals surface area contributed by atoms with Crippen molar-refractivity contribution in [3.05, 3.63) is 17.5 Å². The highest BCUT2D eigenvalue weighted by molar-refractivity contribution is 5.94. The van der Waals surface area contributed by atoms with Crippen LogP contribution in [0.25, 0.3) is 0 Å². The van der Waals surface area contributed by atoms with Gasteiger partial charge in [0, 0.05) is 19.2 Å². The normalized spacial score (nSPS) is 10.4. The fourth-order valence-electron chi connectivity index (χ4n) is 0.892. The Bertz CT molecular complexity index is 383. The van der Waals surface area contributed by atoms with Crippen molar-refractivity contribution in [1.82, 2.24) is 10.1 Å². The number of aromatic nitrogens is 1. The molecular formula is C9H12N2O4. The van der Waals surface area contributed by atoms with E-state index in [0.717, 1.165) is 6.07 Å². The molecule has 0 spiro atoms. The molecule has 0 bridgehead atoms. The first-order valence-electron chi connectivity index (χ1n) is 4.40. The molecule has 1 N–H and O–H groups in total. The first-order valence-corrected chi connectivity index (χ1v) is 4.40. The van der Waals surface area contributed by atoms with E-state index in [1.54, 1.807) is 7.05 Å². The lowest BCUT2D eigenvalue weighted by Gasteiger charge is -2.19. The van der Waals surface area contributed by atoms with Gasteiger partial charge < -0.3 is 14.5 Å². The first-order chi connectivity index (χ1) is 6.93. The SMILES string of the molecule is CC(C)N(C)C(=O)c1cc(C(=O)O)on1. The number of carbonyl (C=O) groups is 2. The van der Waals surface area contributed by atoms with E-state index in [9.17, 15) is 9.59 Å². The molecule has 0 unspecified atom stereocenters. The summed E-state index contributed by atoms with van der Waals surface area (Å²) in [5.74, 6) is -1.94. The Balaban J connectivity index is 2.88. The number of rotatable bonds is 3. The van der Waals surface area contributed by atoms with Gasteiger partial charge in [0.15, 0.2) is 5.69 Å². The number of carboxylic acid groups (broad SMARTS) is 1. The van der Waals surface area contributed by atoms with Crippen molar-refractivity contribution in [2.24, 2.45) is 0 Å². The fraction of sp³-hybridized carbons (Fsp3) is 0.444.